The highest BCUT2D eigenvalue weighted by Gasteiger charge is 2.30. The SMILES string of the molecule is CC(C)CCNC(=O)COC(=O)[C@@H](NS(=O)(=O)c1ccc(Cl)cc1)C(C)C. The minimum absolute atomic E-state index is 0.0169. The first-order chi connectivity index (χ1) is 12.5. The van der Waals surface area contributed by atoms with Crippen molar-refractivity contribution in [3.63, 3.8) is 0 Å². The summed E-state index contributed by atoms with van der Waals surface area (Å²) in [6, 6.07) is 4.46. The summed E-state index contributed by atoms with van der Waals surface area (Å²) in [7, 11) is -3.94. The lowest BCUT2D eigenvalue weighted by Crippen LogP contribution is -2.46. The standard InChI is InChI=1S/C18H27ClN2O5S/c1-12(2)9-10-20-16(22)11-26-18(23)17(13(3)4)21-27(24,25)15-7-5-14(19)6-8-15/h5-8,12-13,17,21H,9-11H2,1-4H3,(H,20,22)/t17-/m0/s1. The Kier molecular flexibility index (Phi) is 9.21. The fraction of sp³-hybridized carbons (Fsp3) is 0.556. The molecule has 0 saturated carbocycles. The van der Waals surface area contributed by atoms with Gasteiger partial charge in [0.2, 0.25) is 10.0 Å². The Balaban J connectivity index is 2.68. The van der Waals surface area contributed by atoms with E-state index in [1.807, 2.05) is 13.8 Å². The van der Waals surface area contributed by atoms with Crippen LogP contribution in [-0.4, -0.2) is 39.5 Å². The Labute approximate surface area is 165 Å². The summed E-state index contributed by atoms with van der Waals surface area (Å²) < 4.78 is 32.2. The van der Waals surface area contributed by atoms with Crippen LogP contribution in [0.5, 0.6) is 0 Å². The zero-order valence-corrected chi connectivity index (χ0v) is 17.6. The summed E-state index contributed by atoms with van der Waals surface area (Å²) in [6.45, 7) is 7.46. The highest BCUT2D eigenvalue weighted by atomic mass is 35.5. The molecule has 27 heavy (non-hydrogen) atoms. The van der Waals surface area contributed by atoms with Gasteiger partial charge in [-0.1, -0.05) is 39.3 Å². The predicted octanol–water partition coefficient (Wildman–Crippen LogP) is 2.35. The molecule has 7 nitrogen and oxygen atoms in total. The van der Waals surface area contributed by atoms with Gasteiger partial charge in [0, 0.05) is 11.6 Å². The van der Waals surface area contributed by atoms with Crippen LogP contribution in [0.15, 0.2) is 29.2 Å². The van der Waals surface area contributed by atoms with Crippen molar-refractivity contribution >= 4 is 33.5 Å². The molecule has 1 rings (SSSR count). The number of carbonyl (C=O) groups excluding carboxylic acids is 2. The average Bonchev–Trinajstić information content (AvgIpc) is 2.57. The van der Waals surface area contributed by atoms with Crippen molar-refractivity contribution < 1.29 is 22.7 Å². The summed E-state index contributed by atoms with van der Waals surface area (Å²) in [5.41, 5.74) is 0. The van der Waals surface area contributed by atoms with E-state index in [1.54, 1.807) is 13.8 Å². The normalized spacial score (nSPS) is 12.9. The van der Waals surface area contributed by atoms with Crippen LogP contribution in [0.3, 0.4) is 0 Å². The number of halogens is 1. The second-order valence-electron chi connectivity index (χ2n) is 6.94. The summed E-state index contributed by atoms with van der Waals surface area (Å²) in [6.07, 6.45) is 0.815. The molecule has 0 bridgehead atoms. The summed E-state index contributed by atoms with van der Waals surface area (Å²) in [5.74, 6) is -1.15. The molecule has 2 N–H and O–H groups in total. The molecule has 0 aliphatic rings. The first-order valence-electron chi connectivity index (χ1n) is 8.74. The van der Waals surface area contributed by atoms with Crippen molar-refractivity contribution in [1.29, 1.82) is 0 Å². The van der Waals surface area contributed by atoms with E-state index in [4.69, 9.17) is 16.3 Å². The molecule has 0 aliphatic heterocycles. The Bertz CT molecular complexity index is 733. The molecule has 0 radical (unpaired) electrons. The van der Waals surface area contributed by atoms with Gasteiger partial charge in [-0.3, -0.25) is 9.59 Å². The van der Waals surface area contributed by atoms with Crippen molar-refractivity contribution in [2.24, 2.45) is 11.8 Å². The fourth-order valence-electron chi connectivity index (χ4n) is 2.08. The minimum atomic E-state index is -3.94. The summed E-state index contributed by atoms with van der Waals surface area (Å²) in [4.78, 5) is 24.0. The average molecular weight is 419 g/mol. The van der Waals surface area contributed by atoms with Gasteiger partial charge in [0.05, 0.1) is 4.90 Å². The van der Waals surface area contributed by atoms with E-state index in [0.29, 0.717) is 17.5 Å². The number of hydrogen-bond acceptors (Lipinski definition) is 5. The molecule has 1 atom stereocenters. The van der Waals surface area contributed by atoms with Gasteiger partial charge in [-0.15, -0.1) is 0 Å². The van der Waals surface area contributed by atoms with Crippen molar-refractivity contribution in [3.05, 3.63) is 29.3 Å². The highest BCUT2D eigenvalue weighted by Crippen LogP contribution is 2.16. The number of ether oxygens (including phenoxy) is 1. The molecule has 152 valence electrons. The van der Waals surface area contributed by atoms with Crippen LogP contribution in [-0.2, 0) is 24.3 Å². The summed E-state index contributed by atoms with van der Waals surface area (Å²) in [5, 5.41) is 3.05. The quantitative estimate of drug-likeness (QED) is 0.568. The Morgan fingerprint density at radius 2 is 1.70 bits per heavy atom. The van der Waals surface area contributed by atoms with Crippen molar-refractivity contribution in [3.8, 4) is 0 Å². The van der Waals surface area contributed by atoms with E-state index in [1.165, 1.54) is 24.3 Å². The van der Waals surface area contributed by atoms with Crippen LogP contribution in [0.25, 0.3) is 0 Å². The molecule has 1 amide bonds. The predicted molar refractivity (Wildman–Crippen MR) is 104 cm³/mol. The maximum atomic E-state index is 12.5. The fourth-order valence-corrected chi connectivity index (χ4v) is 3.54. The molecular formula is C18H27ClN2O5S. The van der Waals surface area contributed by atoms with E-state index < -0.39 is 34.5 Å². The number of carbonyl (C=O) groups is 2. The molecule has 9 heteroatoms. The molecule has 0 fully saturated rings. The third-order valence-electron chi connectivity index (χ3n) is 3.72. The second kappa shape index (κ2) is 10.6. The smallest absolute Gasteiger partial charge is 0.324 e. The van der Waals surface area contributed by atoms with Crippen LogP contribution in [0.4, 0.5) is 0 Å². The number of esters is 1. The van der Waals surface area contributed by atoms with Gasteiger partial charge < -0.3 is 10.1 Å². The number of benzene rings is 1. The lowest BCUT2D eigenvalue weighted by Gasteiger charge is -2.20. The number of rotatable bonds is 10. The van der Waals surface area contributed by atoms with Crippen LogP contribution in [0.1, 0.15) is 34.1 Å². The Morgan fingerprint density at radius 1 is 1.11 bits per heavy atom. The highest BCUT2D eigenvalue weighted by molar-refractivity contribution is 7.89. The zero-order valence-electron chi connectivity index (χ0n) is 16.0. The Morgan fingerprint density at radius 3 is 2.22 bits per heavy atom. The van der Waals surface area contributed by atoms with Gasteiger partial charge in [0.25, 0.3) is 5.91 Å². The third kappa shape index (κ3) is 8.28. The third-order valence-corrected chi connectivity index (χ3v) is 5.43. The van der Waals surface area contributed by atoms with Crippen LogP contribution < -0.4 is 10.0 Å². The number of amides is 1. The van der Waals surface area contributed by atoms with Crippen molar-refractivity contribution in [2.45, 2.75) is 45.1 Å². The topological polar surface area (TPSA) is 102 Å². The largest absolute Gasteiger partial charge is 0.454 e. The minimum Gasteiger partial charge on any atom is -0.454 e. The summed E-state index contributed by atoms with van der Waals surface area (Å²) >= 11 is 5.77. The first-order valence-corrected chi connectivity index (χ1v) is 10.6. The monoisotopic (exact) mass is 418 g/mol. The number of sulfonamides is 1. The van der Waals surface area contributed by atoms with E-state index >= 15 is 0 Å². The van der Waals surface area contributed by atoms with Gasteiger partial charge in [-0.25, -0.2) is 8.42 Å². The van der Waals surface area contributed by atoms with Gasteiger partial charge >= 0.3 is 5.97 Å². The lowest BCUT2D eigenvalue weighted by atomic mass is 10.1. The molecular weight excluding hydrogens is 392 g/mol. The maximum Gasteiger partial charge on any atom is 0.324 e. The van der Waals surface area contributed by atoms with E-state index in [0.717, 1.165) is 6.42 Å². The van der Waals surface area contributed by atoms with Crippen molar-refractivity contribution in [2.75, 3.05) is 13.2 Å². The van der Waals surface area contributed by atoms with Crippen molar-refractivity contribution in [1.82, 2.24) is 10.0 Å². The van der Waals surface area contributed by atoms with E-state index in [2.05, 4.69) is 10.0 Å². The first kappa shape index (κ1) is 23.4. The van der Waals surface area contributed by atoms with Gasteiger partial charge in [0.1, 0.15) is 6.04 Å². The second-order valence-corrected chi connectivity index (χ2v) is 9.09. The van der Waals surface area contributed by atoms with Gasteiger partial charge in [-0.2, -0.15) is 4.72 Å². The maximum absolute atomic E-state index is 12.5. The molecule has 0 spiro atoms. The van der Waals surface area contributed by atoms with E-state index in [-0.39, 0.29) is 10.8 Å². The van der Waals surface area contributed by atoms with Crippen LogP contribution in [0, 0.1) is 11.8 Å². The van der Waals surface area contributed by atoms with Gasteiger partial charge in [-0.05, 0) is 42.5 Å². The molecule has 0 saturated heterocycles. The molecule has 0 unspecified atom stereocenters. The van der Waals surface area contributed by atoms with Crippen LogP contribution in [0.2, 0.25) is 5.02 Å². The molecule has 0 aromatic heterocycles. The van der Waals surface area contributed by atoms with Gasteiger partial charge in [0.15, 0.2) is 6.61 Å². The zero-order chi connectivity index (χ0) is 20.6. The van der Waals surface area contributed by atoms with E-state index in [9.17, 15) is 18.0 Å². The lowest BCUT2D eigenvalue weighted by molar-refractivity contribution is -0.151. The molecule has 0 aliphatic carbocycles. The molecule has 0 heterocycles. The van der Waals surface area contributed by atoms with Crippen LogP contribution >= 0.6 is 11.6 Å². The molecule has 1 aromatic carbocycles. The Hall–Kier alpha value is -1.64. The number of hydrogen-bond donors (Lipinski definition) is 2. The molecule has 1 aromatic rings. The number of nitrogens with one attached hydrogen (secondary N) is 2.